The molecule has 1 aliphatic heterocycles. The Morgan fingerprint density at radius 3 is 2.29 bits per heavy atom. The van der Waals surface area contributed by atoms with Crippen LogP contribution in [0.3, 0.4) is 0 Å². The number of carbonyl (C=O) groups excluding carboxylic acids is 4. The van der Waals surface area contributed by atoms with Crippen LogP contribution in [0.15, 0.2) is 40.9 Å². The van der Waals surface area contributed by atoms with Gasteiger partial charge in [-0.25, -0.2) is 0 Å². The summed E-state index contributed by atoms with van der Waals surface area (Å²) >= 11 is 0. The van der Waals surface area contributed by atoms with Crippen LogP contribution < -0.4 is 16.0 Å². The van der Waals surface area contributed by atoms with Crippen molar-refractivity contribution in [2.45, 2.75) is 76.6 Å². The van der Waals surface area contributed by atoms with E-state index >= 15 is 0 Å². The van der Waals surface area contributed by atoms with Gasteiger partial charge in [-0.3, -0.25) is 19.2 Å². The monoisotopic (exact) mass is 568 g/mol. The van der Waals surface area contributed by atoms with Crippen molar-refractivity contribution in [3.8, 4) is 0 Å². The molecule has 1 saturated heterocycles. The Hall–Kier alpha value is -3.57. The molecule has 1 aromatic heterocycles. The highest BCUT2D eigenvalue weighted by molar-refractivity contribution is 5.99. The molecule has 2 aromatic rings. The van der Waals surface area contributed by atoms with Crippen molar-refractivity contribution < 1.29 is 33.2 Å². The van der Waals surface area contributed by atoms with Gasteiger partial charge in [0.1, 0.15) is 23.4 Å². The standard InChI is InChI=1S/C30H40N4O7/c1-18(2)12-22(26(35)30(3)17-40-30)31-27(36)23(14-19-8-6-5-7-9-19)32-29(38)25(16-39-4)33-28(37)24-15-21(41-34-24)13-20-10-11-20/h5-9,15,18,20,22-23,25H,10-14,16-17H2,1-4H3,(H,31,36)(H,32,38)(H,33,37)/t22?,23?,25?,30-/m1/s1. The number of rotatable bonds is 16. The minimum absolute atomic E-state index is 0.0685. The molecule has 1 saturated carbocycles. The summed E-state index contributed by atoms with van der Waals surface area (Å²) in [5, 5.41) is 12.1. The van der Waals surface area contributed by atoms with E-state index in [0.29, 0.717) is 24.7 Å². The number of ketones is 1. The van der Waals surface area contributed by atoms with Crippen molar-refractivity contribution >= 4 is 23.5 Å². The van der Waals surface area contributed by atoms with E-state index in [9.17, 15) is 19.2 Å². The first-order valence-electron chi connectivity index (χ1n) is 14.2. The van der Waals surface area contributed by atoms with Gasteiger partial charge >= 0.3 is 0 Å². The molecule has 3 N–H and O–H groups in total. The Balaban J connectivity index is 1.46. The van der Waals surface area contributed by atoms with E-state index in [1.165, 1.54) is 7.11 Å². The van der Waals surface area contributed by atoms with Crippen LogP contribution in [0.2, 0.25) is 0 Å². The third-order valence-electron chi connectivity index (χ3n) is 7.29. The first-order chi connectivity index (χ1) is 19.6. The van der Waals surface area contributed by atoms with Gasteiger partial charge in [-0.05, 0) is 43.6 Å². The SMILES string of the molecule is COCC(NC(=O)c1cc(CC2CC2)on1)C(=O)NC(Cc1ccccc1)C(=O)NC(CC(C)C)C(=O)[C@@]1(C)CO1. The summed E-state index contributed by atoms with van der Waals surface area (Å²) in [6.45, 7) is 5.82. The fraction of sp³-hybridized carbons (Fsp3) is 0.567. The summed E-state index contributed by atoms with van der Waals surface area (Å²) < 4.78 is 15.8. The fourth-order valence-electron chi connectivity index (χ4n) is 4.63. The Kier molecular flexibility index (Phi) is 9.93. The van der Waals surface area contributed by atoms with Gasteiger partial charge in [0, 0.05) is 26.0 Å². The molecule has 11 heteroatoms. The van der Waals surface area contributed by atoms with Crippen LogP contribution in [0.4, 0.5) is 0 Å². The number of nitrogens with zero attached hydrogens (tertiary/aromatic N) is 1. The molecular weight excluding hydrogens is 528 g/mol. The molecule has 0 spiro atoms. The minimum atomic E-state index is -1.10. The second kappa shape index (κ2) is 13.4. The van der Waals surface area contributed by atoms with Crippen molar-refractivity contribution in [3.05, 3.63) is 53.4 Å². The number of Topliss-reactive ketones (excluding diaryl/α,β-unsaturated/α-hetero) is 1. The largest absolute Gasteiger partial charge is 0.382 e. The molecule has 4 atom stereocenters. The van der Waals surface area contributed by atoms with Crippen LogP contribution in [-0.2, 0) is 36.7 Å². The predicted octanol–water partition coefficient (Wildman–Crippen LogP) is 1.99. The molecule has 2 fully saturated rings. The molecule has 0 bridgehead atoms. The maximum atomic E-state index is 13.6. The van der Waals surface area contributed by atoms with E-state index in [1.807, 2.05) is 44.2 Å². The Labute approximate surface area is 240 Å². The molecule has 4 rings (SSSR count). The normalized spacial score (nSPS) is 20.1. The molecule has 41 heavy (non-hydrogen) atoms. The highest BCUT2D eigenvalue weighted by atomic mass is 16.6. The van der Waals surface area contributed by atoms with Gasteiger partial charge in [0.15, 0.2) is 11.5 Å². The second-order valence-corrected chi connectivity index (χ2v) is 11.6. The number of aromatic nitrogens is 1. The number of carbonyl (C=O) groups is 4. The smallest absolute Gasteiger partial charge is 0.274 e. The number of epoxide rings is 1. The zero-order valence-corrected chi connectivity index (χ0v) is 24.1. The summed E-state index contributed by atoms with van der Waals surface area (Å²) in [6, 6.07) is 7.92. The Bertz CT molecular complexity index is 1220. The second-order valence-electron chi connectivity index (χ2n) is 11.6. The first-order valence-corrected chi connectivity index (χ1v) is 14.2. The van der Waals surface area contributed by atoms with Gasteiger partial charge < -0.3 is 29.9 Å². The maximum Gasteiger partial charge on any atom is 0.274 e. The van der Waals surface area contributed by atoms with Crippen LogP contribution >= 0.6 is 0 Å². The molecule has 2 aliphatic rings. The average Bonchev–Trinajstić information content (AvgIpc) is 3.85. The third-order valence-corrected chi connectivity index (χ3v) is 7.29. The molecule has 1 aliphatic carbocycles. The summed E-state index contributed by atoms with van der Waals surface area (Å²) in [6.07, 6.45) is 3.60. The molecule has 3 unspecified atom stereocenters. The molecule has 2 heterocycles. The Morgan fingerprint density at radius 1 is 1.02 bits per heavy atom. The van der Waals surface area contributed by atoms with Crippen LogP contribution in [0.1, 0.15) is 61.8 Å². The van der Waals surface area contributed by atoms with E-state index in [1.54, 1.807) is 13.0 Å². The van der Waals surface area contributed by atoms with E-state index < -0.39 is 41.4 Å². The van der Waals surface area contributed by atoms with Gasteiger partial charge in [0.25, 0.3) is 5.91 Å². The van der Waals surface area contributed by atoms with Gasteiger partial charge in [-0.2, -0.15) is 0 Å². The number of hydrogen-bond donors (Lipinski definition) is 3. The molecule has 222 valence electrons. The quantitative estimate of drug-likeness (QED) is 0.260. The topological polar surface area (TPSA) is 152 Å². The highest BCUT2D eigenvalue weighted by Gasteiger charge is 2.50. The lowest BCUT2D eigenvalue weighted by atomic mass is 9.93. The summed E-state index contributed by atoms with van der Waals surface area (Å²) in [5.41, 5.74) is -0.0207. The fourth-order valence-corrected chi connectivity index (χ4v) is 4.63. The van der Waals surface area contributed by atoms with E-state index in [0.717, 1.165) is 24.8 Å². The third kappa shape index (κ3) is 8.71. The lowest BCUT2D eigenvalue weighted by Crippen LogP contribution is -2.58. The number of nitrogens with one attached hydrogen (secondary N) is 3. The van der Waals surface area contributed by atoms with Gasteiger partial charge in [-0.1, -0.05) is 49.3 Å². The summed E-state index contributed by atoms with van der Waals surface area (Å²) in [4.78, 5) is 53.0. The predicted molar refractivity (Wildman–Crippen MR) is 149 cm³/mol. The van der Waals surface area contributed by atoms with Gasteiger partial charge in [-0.15, -0.1) is 0 Å². The van der Waals surface area contributed by atoms with Crippen LogP contribution in [0.5, 0.6) is 0 Å². The van der Waals surface area contributed by atoms with Gasteiger partial charge in [0.2, 0.25) is 11.8 Å². The van der Waals surface area contributed by atoms with Crippen molar-refractivity contribution in [1.82, 2.24) is 21.1 Å². The zero-order chi connectivity index (χ0) is 29.6. The zero-order valence-electron chi connectivity index (χ0n) is 24.1. The van der Waals surface area contributed by atoms with Crippen molar-refractivity contribution in [2.75, 3.05) is 20.3 Å². The molecule has 3 amide bonds. The highest BCUT2D eigenvalue weighted by Crippen LogP contribution is 2.32. The molecule has 1 aromatic carbocycles. The molecule has 11 nitrogen and oxygen atoms in total. The van der Waals surface area contributed by atoms with Crippen molar-refractivity contribution in [3.63, 3.8) is 0 Å². The Morgan fingerprint density at radius 2 is 1.68 bits per heavy atom. The van der Waals surface area contributed by atoms with E-state index in [4.69, 9.17) is 14.0 Å². The molecule has 0 radical (unpaired) electrons. The maximum absolute atomic E-state index is 13.6. The van der Waals surface area contributed by atoms with E-state index in [2.05, 4.69) is 21.1 Å². The number of methoxy groups -OCH3 is 1. The average molecular weight is 569 g/mol. The van der Waals surface area contributed by atoms with Crippen LogP contribution in [0.25, 0.3) is 0 Å². The lowest BCUT2D eigenvalue weighted by Gasteiger charge is -2.26. The van der Waals surface area contributed by atoms with Gasteiger partial charge in [0.05, 0.1) is 19.3 Å². The number of hydrogen-bond acceptors (Lipinski definition) is 8. The summed E-state index contributed by atoms with van der Waals surface area (Å²) in [7, 11) is 1.41. The minimum Gasteiger partial charge on any atom is -0.382 e. The number of amides is 3. The van der Waals surface area contributed by atoms with Crippen molar-refractivity contribution in [2.24, 2.45) is 11.8 Å². The first kappa shape index (κ1) is 30.4. The van der Waals surface area contributed by atoms with Crippen molar-refractivity contribution in [1.29, 1.82) is 0 Å². The molecular formula is C30H40N4O7. The van der Waals surface area contributed by atoms with E-state index in [-0.39, 0.29) is 30.4 Å². The number of ether oxygens (including phenoxy) is 2. The van der Waals surface area contributed by atoms with Crippen LogP contribution in [-0.4, -0.2) is 72.7 Å². The van der Waals surface area contributed by atoms with Crippen LogP contribution in [0, 0.1) is 11.8 Å². The summed E-state index contributed by atoms with van der Waals surface area (Å²) in [5.74, 6) is -0.567. The number of benzene rings is 1. The lowest BCUT2D eigenvalue weighted by molar-refractivity contribution is -0.133.